The van der Waals surface area contributed by atoms with Crippen LogP contribution in [-0.2, 0) is 16.1 Å². The van der Waals surface area contributed by atoms with Gasteiger partial charge < -0.3 is 9.47 Å². The molecule has 4 heteroatoms. The fourth-order valence-corrected chi connectivity index (χ4v) is 1.94. The molecule has 1 atom stereocenters. The number of cyclic esters (lactones) is 1. The molecule has 1 saturated heterocycles. The van der Waals surface area contributed by atoms with E-state index in [0.717, 1.165) is 12.2 Å². The Morgan fingerprint density at radius 2 is 2.28 bits per heavy atom. The van der Waals surface area contributed by atoms with Gasteiger partial charge in [-0.3, -0.25) is 0 Å². The van der Waals surface area contributed by atoms with E-state index in [1.807, 2.05) is 6.07 Å². The number of benzene rings is 1. The third kappa shape index (κ3) is 2.88. The normalized spacial score (nSPS) is 20.4. The SMILES string of the molecule is CC1CCCO1.N#Cc1ccc2c(c1)COC2=O. The van der Waals surface area contributed by atoms with Gasteiger partial charge in [0.05, 0.1) is 23.3 Å². The number of hydrogen-bond donors (Lipinski definition) is 0. The van der Waals surface area contributed by atoms with E-state index in [0.29, 0.717) is 23.8 Å². The van der Waals surface area contributed by atoms with Gasteiger partial charge in [0.15, 0.2) is 0 Å². The van der Waals surface area contributed by atoms with Crippen LogP contribution < -0.4 is 0 Å². The molecule has 0 saturated carbocycles. The highest BCUT2D eigenvalue weighted by atomic mass is 16.5. The summed E-state index contributed by atoms with van der Waals surface area (Å²) in [5, 5.41) is 8.56. The lowest BCUT2D eigenvalue weighted by molar-refractivity contribution is 0.0535. The number of hydrogen-bond acceptors (Lipinski definition) is 4. The summed E-state index contributed by atoms with van der Waals surface area (Å²) < 4.78 is 9.93. The summed E-state index contributed by atoms with van der Waals surface area (Å²) in [7, 11) is 0. The van der Waals surface area contributed by atoms with Crippen molar-refractivity contribution in [2.75, 3.05) is 6.61 Å². The maximum atomic E-state index is 11.0. The molecule has 2 heterocycles. The molecule has 2 aliphatic rings. The number of rotatable bonds is 0. The number of fused-ring (bicyclic) bond motifs is 1. The van der Waals surface area contributed by atoms with Crippen molar-refractivity contribution in [3.63, 3.8) is 0 Å². The molecular weight excluding hydrogens is 230 g/mol. The lowest BCUT2D eigenvalue weighted by Crippen LogP contribution is -1.94. The smallest absolute Gasteiger partial charge is 0.338 e. The standard InChI is InChI=1S/C9H5NO2.C5H10O/c10-4-6-1-2-8-7(3-6)5-12-9(8)11;1-5-3-2-4-6-5/h1-3H,5H2;5H,2-4H2,1H3. The van der Waals surface area contributed by atoms with E-state index in [2.05, 4.69) is 6.92 Å². The van der Waals surface area contributed by atoms with E-state index >= 15 is 0 Å². The van der Waals surface area contributed by atoms with Crippen LogP contribution in [0.25, 0.3) is 0 Å². The summed E-state index contributed by atoms with van der Waals surface area (Å²) >= 11 is 0. The number of nitriles is 1. The maximum Gasteiger partial charge on any atom is 0.338 e. The van der Waals surface area contributed by atoms with Gasteiger partial charge in [-0.05, 0) is 38.0 Å². The predicted octanol–water partition coefficient (Wildman–Crippen LogP) is 2.41. The fourth-order valence-electron chi connectivity index (χ4n) is 1.94. The number of esters is 1. The molecule has 0 spiro atoms. The summed E-state index contributed by atoms with van der Waals surface area (Å²) in [6, 6.07) is 6.93. The van der Waals surface area contributed by atoms with Crippen LogP contribution in [0.2, 0.25) is 0 Å². The molecule has 0 amide bonds. The molecule has 1 fully saturated rings. The van der Waals surface area contributed by atoms with Crippen molar-refractivity contribution in [2.24, 2.45) is 0 Å². The van der Waals surface area contributed by atoms with Crippen LogP contribution in [0, 0.1) is 11.3 Å². The van der Waals surface area contributed by atoms with Gasteiger partial charge in [-0.25, -0.2) is 4.79 Å². The Hall–Kier alpha value is -1.86. The van der Waals surface area contributed by atoms with E-state index in [1.165, 1.54) is 12.8 Å². The zero-order valence-corrected chi connectivity index (χ0v) is 10.3. The number of nitrogens with zero attached hydrogens (tertiary/aromatic N) is 1. The predicted molar refractivity (Wildman–Crippen MR) is 64.9 cm³/mol. The van der Waals surface area contributed by atoms with E-state index in [9.17, 15) is 4.79 Å². The van der Waals surface area contributed by atoms with Crippen LogP contribution in [0.5, 0.6) is 0 Å². The topological polar surface area (TPSA) is 59.3 Å². The first-order chi connectivity index (χ1) is 8.70. The van der Waals surface area contributed by atoms with Crippen molar-refractivity contribution in [1.82, 2.24) is 0 Å². The monoisotopic (exact) mass is 245 g/mol. The molecule has 18 heavy (non-hydrogen) atoms. The Labute approximate surface area is 106 Å². The second kappa shape index (κ2) is 5.65. The fraction of sp³-hybridized carbons (Fsp3) is 0.429. The van der Waals surface area contributed by atoms with Gasteiger partial charge in [0.25, 0.3) is 0 Å². The summed E-state index contributed by atoms with van der Waals surface area (Å²) in [5.74, 6) is -0.297. The van der Waals surface area contributed by atoms with Crippen LogP contribution in [0.4, 0.5) is 0 Å². The lowest BCUT2D eigenvalue weighted by Gasteiger charge is -1.94. The van der Waals surface area contributed by atoms with Gasteiger partial charge >= 0.3 is 5.97 Å². The summed E-state index contributed by atoms with van der Waals surface area (Å²) in [6.07, 6.45) is 3.08. The summed E-state index contributed by atoms with van der Waals surface area (Å²) in [4.78, 5) is 11.0. The second-order valence-electron chi connectivity index (χ2n) is 4.38. The second-order valence-corrected chi connectivity index (χ2v) is 4.38. The molecule has 1 unspecified atom stereocenters. The molecule has 0 bridgehead atoms. The van der Waals surface area contributed by atoms with Gasteiger partial charge in [-0.15, -0.1) is 0 Å². The Bertz CT molecular complexity index is 484. The third-order valence-electron chi connectivity index (χ3n) is 2.97. The highest BCUT2D eigenvalue weighted by molar-refractivity contribution is 5.93. The quantitative estimate of drug-likeness (QED) is 0.658. The Balaban J connectivity index is 0.000000169. The number of ether oxygens (including phenoxy) is 2. The van der Waals surface area contributed by atoms with Crippen LogP contribution in [-0.4, -0.2) is 18.7 Å². The maximum absolute atomic E-state index is 11.0. The first kappa shape index (κ1) is 12.6. The van der Waals surface area contributed by atoms with Crippen LogP contribution in [0.1, 0.15) is 41.3 Å². The number of carbonyl (C=O) groups is 1. The van der Waals surface area contributed by atoms with E-state index in [-0.39, 0.29) is 5.97 Å². The molecule has 2 aliphatic heterocycles. The molecular formula is C14H15NO3. The minimum Gasteiger partial charge on any atom is -0.457 e. The van der Waals surface area contributed by atoms with E-state index in [4.69, 9.17) is 14.7 Å². The minimum absolute atomic E-state index is 0.295. The van der Waals surface area contributed by atoms with Crippen molar-refractivity contribution in [3.05, 3.63) is 34.9 Å². The molecule has 4 nitrogen and oxygen atoms in total. The first-order valence-electron chi connectivity index (χ1n) is 6.02. The molecule has 3 rings (SSSR count). The molecule has 0 aromatic heterocycles. The molecule has 0 aliphatic carbocycles. The zero-order chi connectivity index (χ0) is 13.0. The number of carbonyl (C=O) groups excluding carboxylic acids is 1. The molecule has 94 valence electrons. The van der Waals surface area contributed by atoms with Gasteiger partial charge in [-0.2, -0.15) is 5.26 Å². The average molecular weight is 245 g/mol. The van der Waals surface area contributed by atoms with Gasteiger partial charge in [-0.1, -0.05) is 0 Å². The molecule has 1 aromatic carbocycles. The lowest BCUT2D eigenvalue weighted by atomic mass is 10.1. The van der Waals surface area contributed by atoms with Gasteiger partial charge in [0, 0.05) is 12.2 Å². The molecule has 0 radical (unpaired) electrons. The largest absolute Gasteiger partial charge is 0.457 e. The zero-order valence-electron chi connectivity index (χ0n) is 10.3. The highest BCUT2D eigenvalue weighted by Crippen LogP contribution is 2.20. The highest BCUT2D eigenvalue weighted by Gasteiger charge is 2.20. The van der Waals surface area contributed by atoms with Gasteiger partial charge in [0.1, 0.15) is 6.61 Å². The van der Waals surface area contributed by atoms with Crippen LogP contribution >= 0.6 is 0 Å². The summed E-state index contributed by atoms with van der Waals surface area (Å²) in [5.41, 5.74) is 1.94. The Morgan fingerprint density at radius 3 is 2.83 bits per heavy atom. The van der Waals surface area contributed by atoms with Crippen LogP contribution in [0.15, 0.2) is 18.2 Å². The summed E-state index contributed by atoms with van der Waals surface area (Å²) in [6.45, 7) is 3.40. The molecule has 1 aromatic rings. The molecule has 0 N–H and O–H groups in total. The van der Waals surface area contributed by atoms with E-state index < -0.39 is 0 Å². The van der Waals surface area contributed by atoms with Crippen molar-refractivity contribution in [3.8, 4) is 6.07 Å². The third-order valence-corrected chi connectivity index (χ3v) is 2.97. The van der Waals surface area contributed by atoms with Crippen LogP contribution in [0.3, 0.4) is 0 Å². The van der Waals surface area contributed by atoms with E-state index in [1.54, 1.807) is 18.2 Å². The van der Waals surface area contributed by atoms with Gasteiger partial charge in [0.2, 0.25) is 0 Å². The Morgan fingerprint density at radius 1 is 1.44 bits per heavy atom. The minimum atomic E-state index is -0.297. The van der Waals surface area contributed by atoms with Crippen molar-refractivity contribution >= 4 is 5.97 Å². The Kier molecular flexibility index (Phi) is 3.96. The van der Waals surface area contributed by atoms with Crippen molar-refractivity contribution in [2.45, 2.75) is 32.5 Å². The first-order valence-corrected chi connectivity index (χ1v) is 6.02. The van der Waals surface area contributed by atoms with Crippen molar-refractivity contribution < 1.29 is 14.3 Å². The average Bonchev–Trinajstić information content (AvgIpc) is 3.00. The van der Waals surface area contributed by atoms with Crippen molar-refractivity contribution in [1.29, 1.82) is 5.26 Å².